The molecule has 0 saturated carbocycles. The lowest BCUT2D eigenvalue weighted by atomic mass is 10.1. The van der Waals surface area contributed by atoms with Crippen LogP contribution in [0.5, 0.6) is 0 Å². The quantitative estimate of drug-likeness (QED) is 0.729. The lowest BCUT2D eigenvalue weighted by molar-refractivity contribution is -0.117. The van der Waals surface area contributed by atoms with Gasteiger partial charge in [0, 0.05) is 18.7 Å². The van der Waals surface area contributed by atoms with Crippen LogP contribution in [-0.2, 0) is 19.6 Å². The van der Waals surface area contributed by atoms with Gasteiger partial charge in [-0.1, -0.05) is 6.07 Å². The van der Waals surface area contributed by atoms with E-state index in [0.717, 1.165) is 12.1 Å². The smallest absolute Gasteiger partial charge is 0.338 e. The summed E-state index contributed by atoms with van der Waals surface area (Å²) in [6.07, 6.45) is 1.31. The summed E-state index contributed by atoms with van der Waals surface area (Å²) in [4.78, 5) is 25.7. The second kappa shape index (κ2) is 8.24. The molecule has 7 nitrogen and oxygen atoms in total. The molecule has 1 aliphatic heterocycles. The number of hydrogen-bond donors (Lipinski definition) is 1. The van der Waals surface area contributed by atoms with E-state index < -0.39 is 16.0 Å². The highest BCUT2D eigenvalue weighted by molar-refractivity contribution is 7.92. The first kappa shape index (κ1) is 20.9. The molecule has 0 unspecified atom stereocenters. The molecule has 1 heterocycles. The van der Waals surface area contributed by atoms with Crippen LogP contribution in [0.4, 0.5) is 11.4 Å². The van der Waals surface area contributed by atoms with Crippen molar-refractivity contribution in [1.29, 1.82) is 0 Å². The van der Waals surface area contributed by atoms with Crippen molar-refractivity contribution in [2.24, 2.45) is 0 Å². The molecule has 29 heavy (non-hydrogen) atoms. The van der Waals surface area contributed by atoms with Crippen molar-refractivity contribution >= 4 is 33.3 Å². The molecule has 0 aliphatic carbocycles. The summed E-state index contributed by atoms with van der Waals surface area (Å²) < 4.78 is 33.3. The highest BCUT2D eigenvalue weighted by atomic mass is 32.2. The maximum Gasteiger partial charge on any atom is 0.338 e. The van der Waals surface area contributed by atoms with E-state index in [9.17, 15) is 18.0 Å². The van der Waals surface area contributed by atoms with Crippen molar-refractivity contribution in [3.63, 3.8) is 0 Å². The summed E-state index contributed by atoms with van der Waals surface area (Å²) in [6, 6.07) is 9.42. The Hall–Kier alpha value is -2.87. The Kier molecular flexibility index (Phi) is 5.93. The van der Waals surface area contributed by atoms with Crippen LogP contribution >= 0.6 is 0 Å². The molecule has 0 radical (unpaired) electrons. The van der Waals surface area contributed by atoms with Crippen molar-refractivity contribution in [3.05, 3.63) is 53.1 Å². The van der Waals surface area contributed by atoms with Crippen molar-refractivity contribution in [1.82, 2.24) is 0 Å². The third kappa shape index (κ3) is 4.42. The fraction of sp³-hybridized carbons (Fsp3) is 0.333. The first-order valence-electron chi connectivity index (χ1n) is 9.44. The number of carbonyl (C=O) groups is 2. The highest BCUT2D eigenvalue weighted by Gasteiger charge is 2.24. The fourth-order valence-corrected chi connectivity index (χ4v) is 4.48. The number of rotatable bonds is 6. The molecule has 0 aromatic heterocycles. The van der Waals surface area contributed by atoms with Gasteiger partial charge in [0.1, 0.15) is 0 Å². The molecule has 0 bridgehead atoms. The van der Waals surface area contributed by atoms with Gasteiger partial charge in [0.25, 0.3) is 10.0 Å². The molecule has 8 heteroatoms. The van der Waals surface area contributed by atoms with E-state index in [4.69, 9.17) is 4.74 Å². The number of hydrogen-bond acceptors (Lipinski definition) is 5. The molecule has 1 saturated heterocycles. The third-order valence-corrected chi connectivity index (χ3v) is 6.20. The predicted molar refractivity (Wildman–Crippen MR) is 111 cm³/mol. The zero-order valence-corrected chi connectivity index (χ0v) is 17.5. The Morgan fingerprint density at radius 3 is 2.52 bits per heavy atom. The van der Waals surface area contributed by atoms with Gasteiger partial charge in [0.15, 0.2) is 0 Å². The Labute approximate surface area is 170 Å². The van der Waals surface area contributed by atoms with Gasteiger partial charge < -0.3 is 9.64 Å². The zero-order valence-electron chi connectivity index (χ0n) is 16.7. The molecular formula is C21H24N2O5S. The number of aryl methyl sites for hydroxylation is 2. The predicted octanol–water partition coefficient (Wildman–Crippen LogP) is 3.41. The van der Waals surface area contributed by atoms with Gasteiger partial charge >= 0.3 is 5.97 Å². The summed E-state index contributed by atoms with van der Waals surface area (Å²) in [5.74, 6) is -0.461. The van der Waals surface area contributed by atoms with E-state index in [-0.39, 0.29) is 23.0 Å². The van der Waals surface area contributed by atoms with Crippen molar-refractivity contribution in [2.75, 3.05) is 22.8 Å². The van der Waals surface area contributed by atoms with E-state index in [2.05, 4.69) is 4.72 Å². The Balaban J connectivity index is 1.88. The zero-order chi connectivity index (χ0) is 21.2. The van der Waals surface area contributed by atoms with Gasteiger partial charge in [-0.2, -0.15) is 0 Å². The van der Waals surface area contributed by atoms with Crippen LogP contribution in [0.2, 0.25) is 0 Å². The van der Waals surface area contributed by atoms with Crippen molar-refractivity contribution < 1.29 is 22.7 Å². The minimum Gasteiger partial charge on any atom is -0.462 e. The number of nitrogens with one attached hydrogen (secondary N) is 1. The van der Waals surface area contributed by atoms with Gasteiger partial charge in [-0.3, -0.25) is 9.52 Å². The fourth-order valence-electron chi connectivity index (χ4n) is 3.28. The average molecular weight is 416 g/mol. The van der Waals surface area contributed by atoms with Gasteiger partial charge in [0.2, 0.25) is 5.91 Å². The van der Waals surface area contributed by atoms with E-state index in [1.54, 1.807) is 49.9 Å². The first-order chi connectivity index (χ1) is 13.7. The summed E-state index contributed by atoms with van der Waals surface area (Å²) >= 11 is 0. The van der Waals surface area contributed by atoms with Gasteiger partial charge in [-0.05, 0) is 68.7 Å². The Morgan fingerprint density at radius 1 is 1.14 bits per heavy atom. The van der Waals surface area contributed by atoms with Crippen molar-refractivity contribution in [2.45, 2.75) is 38.5 Å². The van der Waals surface area contributed by atoms with Crippen LogP contribution in [0.25, 0.3) is 0 Å². The highest BCUT2D eigenvalue weighted by Crippen LogP contribution is 2.28. The molecule has 2 aromatic carbocycles. The van der Waals surface area contributed by atoms with Gasteiger partial charge in [0.05, 0.1) is 22.8 Å². The molecule has 1 N–H and O–H groups in total. The molecular weight excluding hydrogens is 392 g/mol. The van der Waals surface area contributed by atoms with Crippen molar-refractivity contribution in [3.8, 4) is 0 Å². The largest absolute Gasteiger partial charge is 0.462 e. The minimum atomic E-state index is -3.87. The number of ether oxygens (including phenoxy) is 1. The molecule has 2 aromatic rings. The number of benzene rings is 2. The minimum absolute atomic E-state index is 0.0493. The van der Waals surface area contributed by atoms with E-state index >= 15 is 0 Å². The maximum absolute atomic E-state index is 12.9. The topological polar surface area (TPSA) is 92.8 Å². The number of amides is 1. The van der Waals surface area contributed by atoms with Crippen LogP contribution in [0.15, 0.2) is 41.3 Å². The number of sulfonamides is 1. The average Bonchev–Trinajstić information content (AvgIpc) is 3.09. The number of anilines is 2. The Morgan fingerprint density at radius 2 is 1.90 bits per heavy atom. The third-order valence-electron chi connectivity index (χ3n) is 4.84. The number of nitrogens with zero attached hydrogens (tertiary/aromatic N) is 1. The summed E-state index contributed by atoms with van der Waals surface area (Å²) in [7, 11) is -3.87. The second-order valence-corrected chi connectivity index (χ2v) is 8.64. The van der Waals surface area contributed by atoms with Gasteiger partial charge in [-0.15, -0.1) is 0 Å². The van der Waals surface area contributed by atoms with Crippen LogP contribution < -0.4 is 9.62 Å². The first-order valence-corrected chi connectivity index (χ1v) is 10.9. The molecule has 154 valence electrons. The Bertz CT molecular complexity index is 1060. The number of carbonyl (C=O) groups excluding carboxylic acids is 2. The standard InChI is InChI=1S/C21H24N2O5S/c1-4-28-21(25)16-8-7-14(2)18(13-16)22-29(26,27)17-9-10-19(15(3)12-17)23-11-5-6-20(23)24/h7-10,12-13,22H,4-6,11H2,1-3H3. The lowest BCUT2D eigenvalue weighted by Gasteiger charge is -2.19. The normalized spacial score (nSPS) is 14.2. The second-order valence-electron chi connectivity index (χ2n) is 6.95. The lowest BCUT2D eigenvalue weighted by Crippen LogP contribution is -2.24. The molecule has 3 rings (SSSR count). The molecule has 1 fully saturated rings. The maximum atomic E-state index is 12.9. The van der Waals surface area contributed by atoms with Crippen LogP contribution in [0.3, 0.4) is 0 Å². The summed E-state index contributed by atoms with van der Waals surface area (Å²) in [5.41, 5.74) is 2.70. The van der Waals surface area contributed by atoms with E-state index in [0.29, 0.717) is 29.8 Å². The summed E-state index contributed by atoms with van der Waals surface area (Å²) in [5, 5.41) is 0. The monoisotopic (exact) mass is 416 g/mol. The van der Waals surface area contributed by atoms with Gasteiger partial charge in [-0.25, -0.2) is 13.2 Å². The van der Waals surface area contributed by atoms with E-state index in [1.807, 2.05) is 0 Å². The molecule has 1 aliphatic rings. The van der Waals surface area contributed by atoms with Crippen LogP contribution in [-0.4, -0.2) is 33.4 Å². The van der Waals surface area contributed by atoms with Crippen LogP contribution in [0, 0.1) is 13.8 Å². The SMILES string of the molecule is CCOC(=O)c1ccc(C)c(NS(=O)(=O)c2ccc(N3CCCC3=O)c(C)c2)c1. The molecule has 0 atom stereocenters. The summed E-state index contributed by atoms with van der Waals surface area (Å²) in [6.45, 7) is 6.12. The molecule has 1 amide bonds. The molecule has 0 spiro atoms. The van der Waals surface area contributed by atoms with Crippen LogP contribution in [0.1, 0.15) is 41.3 Å². The number of esters is 1. The van der Waals surface area contributed by atoms with E-state index in [1.165, 1.54) is 12.1 Å².